The molecule has 5 heteroatoms. The number of carbonyl (C=O) groups excluding carboxylic acids is 2. The second kappa shape index (κ2) is 6.35. The number of amides is 2. The monoisotopic (exact) mass is 323 g/mol. The first-order chi connectivity index (χ1) is 11.4. The van der Waals surface area contributed by atoms with Crippen LogP contribution < -0.4 is 15.5 Å². The lowest BCUT2D eigenvalue weighted by Crippen LogP contribution is -2.23. The first-order valence-electron chi connectivity index (χ1n) is 7.92. The van der Waals surface area contributed by atoms with Crippen LogP contribution in [0.3, 0.4) is 0 Å². The highest BCUT2D eigenvalue weighted by atomic mass is 16.2. The van der Waals surface area contributed by atoms with Gasteiger partial charge < -0.3 is 15.5 Å². The summed E-state index contributed by atoms with van der Waals surface area (Å²) in [5.74, 6) is -0.117. The zero-order chi connectivity index (χ0) is 17.3. The number of hydrogen-bond donors (Lipinski definition) is 2. The first kappa shape index (κ1) is 16.1. The number of fused-ring (bicyclic) bond motifs is 1. The summed E-state index contributed by atoms with van der Waals surface area (Å²) < 4.78 is 0. The maximum Gasteiger partial charge on any atom is 0.225 e. The third-order valence-electron chi connectivity index (χ3n) is 4.22. The highest BCUT2D eigenvalue weighted by Gasteiger charge is 2.26. The van der Waals surface area contributed by atoms with E-state index in [0.29, 0.717) is 12.1 Å². The van der Waals surface area contributed by atoms with Gasteiger partial charge in [-0.15, -0.1) is 0 Å². The molecule has 24 heavy (non-hydrogen) atoms. The van der Waals surface area contributed by atoms with E-state index in [4.69, 9.17) is 0 Å². The number of nitrogens with zero attached hydrogens (tertiary/aromatic N) is 1. The van der Waals surface area contributed by atoms with Crippen LogP contribution in [-0.4, -0.2) is 25.9 Å². The average Bonchev–Trinajstić information content (AvgIpc) is 2.53. The van der Waals surface area contributed by atoms with Crippen molar-refractivity contribution in [3.05, 3.63) is 53.6 Å². The fraction of sp³-hybridized carbons (Fsp3) is 0.263. The van der Waals surface area contributed by atoms with Crippen LogP contribution in [0.15, 0.2) is 42.5 Å². The van der Waals surface area contributed by atoms with Crippen LogP contribution in [-0.2, 0) is 9.59 Å². The Hall–Kier alpha value is -2.82. The number of benzene rings is 2. The van der Waals surface area contributed by atoms with Crippen LogP contribution in [0.2, 0.25) is 0 Å². The standard InChI is InChI=1S/C19H21N3O2/c1-12(23)20-14-6-9-16-17(11-19(24)21-18(16)10-14)13-4-7-15(8-5-13)22(2)3/h4-10,17H,11H2,1-3H3,(H,20,23)(H,21,24)/t17-/m0/s1. The summed E-state index contributed by atoms with van der Waals surface area (Å²) in [4.78, 5) is 25.4. The second-order valence-electron chi connectivity index (χ2n) is 6.27. The summed E-state index contributed by atoms with van der Waals surface area (Å²) in [5, 5.41) is 5.65. The predicted molar refractivity (Wildman–Crippen MR) is 96.6 cm³/mol. The molecule has 0 aliphatic carbocycles. The second-order valence-corrected chi connectivity index (χ2v) is 6.27. The van der Waals surface area contributed by atoms with Gasteiger partial charge in [0.1, 0.15) is 0 Å². The zero-order valence-corrected chi connectivity index (χ0v) is 14.1. The van der Waals surface area contributed by atoms with Gasteiger partial charge >= 0.3 is 0 Å². The molecule has 0 saturated carbocycles. The van der Waals surface area contributed by atoms with Gasteiger partial charge in [-0.25, -0.2) is 0 Å². The lowest BCUT2D eigenvalue weighted by atomic mass is 9.84. The maximum absolute atomic E-state index is 12.1. The molecule has 2 amide bonds. The quantitative estimate of drug-likeness (QED) is 0.912. The van der Waals surface area contributed by atoms with Gasteiger partial charge in [-0.1, -0.05) is 18.2 Å². The Morgan fingerprint density at radius 3 is 2.50 bits per heavy atom. The van der Waals surface area contributed by atoms with Crippen molar-refractivity contribution in [1.29, 1.82) is 0 Å². The summed E-state index contributed by atoms with van der Waals surface area (Å²) in [6.07, 6.45) is 0.424. The van der Waals surface area contributed by atoms with Gasteiger partial charge in [-0.2, -0.15) is 0 Å². The topological polar surface area (TPSA) is 61.4 Å². The van der Waals surface area contributed by atoms with E-state index in [1.807, 2.05) is 37.2 Å². The zero-order valence-electron chi connectivity index (χ0n) is 14.1. The Balaban J connectivity index is 1.96. The van der Waals surface area contributed by atoms with E-state index in [1.54, 1.807) is 0 Å². The molecule has 1 aliphatic heterocycles. The Kier molecular flexibility index (Phi) is 4.25. The summed E-state index contributed by atoms with van der Waals surface area (Å²) in [6.45, 7) is 1.47. The molecule has 0 unspecified atom stereocenters. The Morgan fingerprint density at radius 1 is 1.17 bits per heavy atom. The molecule has 0 radical (unpaired) electrons. The average molecular weight is 323 g/mol. The van der Waals surface area contributed by atoms with E-state index in [9.17, 15) is 9.59 Å². The van der Waals surface area contributed by atoms with E-state index in [2.05, 4.69) is 34.9 Å². The molecule has 0 aromatic heterocycles. The Bertz CT molecular complexity index is 782. The molecule has 2 N–H and O–H groups in total. The van der Waals surface area contributed by atoms with Crippen molar-refractivity contribution in [2.45, 2.75) is 19.3 Å². The van der Waals surface area contributed by atoms with Crippen LogP contribution >= 0.6 is 0 Å². The Morgan fingerprint density at radius 2 is 1.88 bits per heavy atom. The fourth-order valence-corrected chi connectivity index (χ4v) is 3.05. The molecule has 0 bridgehead atoms. The summed E-state index contributed by atoms with van der Waals surface area (Å²) >= 11 is 0. The smallest absolute Gasteiger partial charge is 0.225 e. The lowest BCUT2D eigenvalue weighted by Gasteiger charge is -2.27. The number of rotatable bonds is 3. The SMILES string of the molecule is CC(=O)Nc1ccc2c(c1)NC(=O)C[C@H]2c1ccc(N(C)C)cc1. The van der Waals surface area contributed by atoms with E-state index >= 15 is 0 Å². The molecular formula is C19H21N3O2. The molecule has 1 aliphatic rings. The van der Waals surface area contributed by atoms with Crippen LogP contribution in [0.5, 0.6) is 0 Å². The molecule has 2 aromatic carbocycles. The van der Waals surface area contributed by atoms with Crippen molar-refractivity contribution in [2.75, 3.05) is 29.6 Å². The fourth-order valence-electron chi connectivity index (χ4n) is 3.05. The molecule has 5 nitrogen and oxygen atoms in total. The third kappa shape index (κ3) is 3.25. The van der Waals surface area contributed by atoms with E-state index in [0.717, 1.165) is 22.5 Å². The molecule has 2 aromatic rings. The summed E-state index contributed by atoms with van der Waals surface area (Å²) in [7, 11) is 4.00. The normalized spacial score (nSPS) is 16.1. The molecule has 0 spiro atoms. The van der Waals surface area contributed by atoms with Gasteiger partial charge in [-0.05, 0) is 35.4 Å². The minimum absolute atomic E-state index is 0.0100. The summed E-state index contributed by atoms with van der Waals surface area (Å²) in [6, 6.07) is 13.9. The molecule has 124 valence electrons. The highest BCUT2D eigenvalue weighted by molar-refractivity contribution is 5.97. The van der Waals surface area contributed by atoms with Crippen molar-refractivity contribution in [1.82, 2.24) is 0 Å². The van der Waals surface area contributed by atoms with Gasteiger partial charge in [0.25, 0.3) is 0 Å². The Labute approximate surface area is 141 Å². The van der Waals surface area contributed by atoms with Crippen molar-refractivity contribution in [3.8, 4) is 0 Å². The molecular weight excluding hydrogens is 302 g/mol. The molecule has 1 heterocycles. The van der Waals surface area contributed by atoms with Gasteiger partial charge in [0.05, 0.1) is 0 Å². The number of hydrogen-bond acceptors (Lipinski definition) is 3. The third-order valence-corrected chi connectivity index (χ3v) is 4.22. The van der Waals surface area contributed by atoms with Gasteiger partial charge in [0.2, 0.25) is 11.8 Å². The highest BCUT2D eigenvalue weighted by Crippen LogP contribution is 2.38. The number of carbonyl (C=O) groups is 2. The largest absolute Gasteiger partial charge is 0.378 e. The molecule has 1 atom stereocenters. The van der Waals surface area contributed by atoms with Crippen LogP contribution in [0.25, 0.3) is 0 Å². The molecule has 0 saturated heterocycles. The van der Waals surface area contributed by atoms with Gasteiger partial charge in [0.15, 0.2) is 0 Å². The van der Waals surface area contributed by atoms with Crippen molar-refractivity contribution in [2.24, 2.45) is 0 Å². The van der Waals surface area contributed by atoms with Crippen molar-refractivity contribution in [3.63, 3.8) is 0 Å². The van der Waals surface area contributed by atoms with Gasteiger partial charge in [-0.3, -0.25) is 9.59 Å². The minimum Gasteiger partial charge on any atom is -0.378 e. The minimum atomic E-state index is -0.132. The lowest BCUT2D eigenvalue weighted by molar-refractivity contribution is -0.116. The summed E-state index contributed by atoms with van der Waals surface area (Å²) in [5.41, 5.74) is 4.76. The predicted octanol–water partition coefficient (Wildman–Crippen LogP) is 3.19. The van der Waals surface area contributed by atoms with Gasteiger partial charge in [0, 0.05) is 50.4 Å². The number of nitrogens with one attached hydrogen (secondary N) is 2. The van der Waals surface area contributed by atoms with E-state index in [-0.39, 0.29) is 17.7 Å². The molecule has 3 rings (SSSR count). The van der Waals surface area contributed by atoms with E-state index in [1.165, 1.54) is 6.92 Å². The van der Waals surface area contributed by atoms with Crippen molar-refractivity contribution < 1.29 is 9.59 Å². The van der Waals surface area contributed by atoms with Crippen LogP contribution in [0.1, 0.15) is 30.4 Å². The van der Waals surface area contributed by atoms with Crippen molar-refractivity contribution >= 4 is 28.9 Å². The molecule has 0 fully saturated rings. The number of anilines is 3. The van der Waals surface area contributed by atoms with Crippen LogP contribution in [0, 0.1) is 0 Å². The van der Waals surface area contributed by atoms with E-state index < -0.39 is 0 Å². The first-order valence-corrected chi connectivity index (χ1v) is 7.92. The van der Waals surface area contributed by atoms with Crippen LogP contribution in [0.4, 0.5) is 17.1 Å². The maximum atomic E-state index is 12.1.